The molecule has 1 unspecified atom stereocenters. The summed E-state index contributed by atoms with van der Waals surface area (Å²) in [6, 6.07) is 9.90. The van der Waals surface area contributed by atoms with E-state index in [1.165, 1.54) is 25.1 Å². The standard InChI is InChI=1S/C32H38N12O6/c1-17(40-24(45)16-35-2)28(46)42-20-9-10-22(23(13-20)31(49)50)30(48)37-12-4-3-11-36-29(47)18-5-7-19(8-6-18)38-14-21-15-39-27-25(41-21)26(33)43-32(34)44-27/h5-10,13,15,17,35,38H,3-4,11-12,14,16H2,1-2H3,(H,36,47)(H,37,48)(H,40,45)(H,42,46)(H,49,50)(H4,33,34,39,43,44). The number of amides is 4. The summed E-state index contributed by atoms with van der Waals surface area (Å²) in [4.78, 5) is 77.9. The highest BCUT2D eigenvalue weighted by molar-refractivity contribution is 6.06. The summed E-state index contributed by atoms with van der Waals surface area (Å²) in [6.07, 6.45) is 2.63. The van der Waals surface area contributed by atoms with Crippen LogP contribution in [-0.2, 0) is 16.1 Å². The minimum Gasteiger partial charge on any atom is -0.478 e. The Morgan fingerprint density at radius 2 is 1.54 bits per heavy atom. The van der Waals surface area contributed by atoms with Crippen molar-refractivity contribution in [1.82, 2.24) is 41.2 Å². The summed E-state index contributed by atoms with van der Waals surface area (Å²) in [6.45, 7) is 2.46. The first kappa shape index (κ1) is 36.4. The molecule has 4 amide bonds. The second kappa shape index (κ2) is 17.1. The van der Waals surface area contributed by atoms with E-state index in [1.807, 2.05) is 0 Å². The van der Waals surface area contributed by atoms with Gasteiger partial charge in [-0.25, -0.2) is 14.8 Å². The van der Waals surface area contributed by atoms with Gasteiger partial charge in [0.2, 0.25) is 17.8 Å². The van der Waals surface area contributed by atoms with Crippen molar-refractivity contribution in [3.05, 3.63) is 71.0 Å². The van der Waals surface area contributed by atoms with Gasteiger partial charge in [-0.15, -0.1) is 0 Å². The molecule has 0 saturated heterocycles. The first-order chi connectivity index (χ1) is 23.9. The third kappa shape index (κ3) is 10.0. The first-order valence-corrected chi connectivity index (χ1v) is 15.5. The van der Waals surface area contributed by atoms with Crippen LogP contribution in [-0.4, -0.2) is 87.4 Å². The minimum absolute atomic E-state index is 0.0203. The Labute approximate surface area is 286 Å². The van der Waals surface area contributed by atoms with Crippen LogP contribution in [0.5, 0.6) is 0 Å². The van der Waals surface area contributed by atoms with Gasteiger partial charge >= 0.3 is 5.97 Å². The van der Waals surface area contributed by atoms with E-state index >= 15 is 0 Å². The van der Waals surface area contributed by atoms with Crippen molar-refractivity contribution in [2.24, 2.45) is 0 Å². The number of aromatic carboxylic acids is 1. The smallest absolute Gasteiger partial charge is 0.336 e. The number of carboxylic acids is 1. The quantitative estimate of drug-likeness (QED) is 0.0726. The molecule has 2 aromatic carbocycles. The number of anilines is 4. The zero-order chi connectivity index (χ0) is 36.2. The van der Waals surface area contributed by atoms with Gasteiger partial charge in [0.1, 0.15) is 6.04 Å². The van der Waals surface area contributed by atoms with Crippen LogP contribution in [0, 0.1) is 0 Å². The molecule has 11 N–H and O–H groups in total. The molecule has 2 aromatic heterocycles. The van der Waals surface area contributed by atoms with E-state index in [1.54, 1.807) is 37.5 Å². The molecule has 262 valence electrons. The molecule has 4 rings (SSSR count). The Morgan fingerprint density at radius 3 is 2.22 bits per heavy atom. The summed E-state index contributed by atoms with van der Waals surface area (Å²) < 4.78 is 0. The van der Waals surface area contributed by atoms with E-state index in [4.69, 9.17) is 11.5 Å². The maximum atomic E-state index is 12.7. The van der Waals surface area contributed by atoms with Gasteiger partial charge in [0, 0.05) is 30.0 Å². The topological polar surface area (TPSA) is 281 Å². The number of likely N-dealkylation sites (N-methyl/N-ethyl adjacent to an activating group) is 1. The van der Waals surface area contributed by atoms with Crippen LogP contribution in [0.25, 0.3) is 11.2 Å². The van der Waals surface area contributed by atoms with Gasteiger partial charge in [-0.3, -0.25) is 19.2 Å². The number of benzene rings is 2. The van der Waals surface area contributed by atoms with Gasteiger partial charge in [-0.2, -0.15) is 9.97 Å². The van der Waals surface area contributed by atoms with Gasteiger partial charge in [0.05, 0.1) is 36.1 Å². The largest absolute Gasteiger partial charge is 0.478 e. The lowest BCUT2D eigenvalue weighted by molar-refractivity contribution is -0.125. The fourth-order valence-corrected chi connectivity index (χ4v) is 4.62. The number of nitrogens with one attached hydrogen (secondary N) is 6. The average molecular weight is 687 g/mol. The Morgan fingerprint density at radius 1 is 0.860 bits per heavy atom. The van der Waals surface area contributed by atoms with E-state index < -0.39 is 23.8 Å². The normalized spacial score (nSPS) is 11.3. The van der Waals surface area contributed by atoms with Crippen LogP contribution in [0.15, 0.2) is 48.7 Å². The number of fused-ring (bicyclic) bond motifs is 1. The molecular weight excluding hydrogens is 648 g/mol. The molecule has 0 aliphatic carbocycles. The lowest BCUT2D eigenvalue weighted by Gasteiger charge is -2.15. The maximum absolute atomic E-state index is 12.7. The number of rotatable bonds is 16. The van der Waals surface area contributed by atoms with Crippen LogP contribution < -0.4 is 43.4 Å². The Balaban J connectivity index is 1.18. The zero-order valence-corrected chi connectivity index (χ0v) is 27.4. The van der Waals surface area contributed by atoms with E-state index in [9.17, 15) is 29.1 Å². The van der Waals surface area contributed by atoms with E-state index in [2.05, 4.69) is 51.8 Å². The SMILES string of the molecule is CNCC(=O)NC(C)C(=O)Nc1ccc(C(=O)NCCCCNC(=O)c2ccc(NCc3cnc4nc(N)nc(N)c4n3)cc2)c(C(=O)O)c1. The van der Waals surface area contributed by atoms with E-state index in [0.29, 0.717) is 48.4 Å². The number of hydrogen-bond acceptors (Lipinski definition) is 13. The highest BCUT2D eigenvalue weighted by Gasteiger charge is 2.20. The third-order valence-corrected chi connectivity index (χ3v) is 7.17. The summed E-state index contributed by atoms with van der Waals surface area (Å²) in [5.41, 5.74) is 13.7. The summed E-state index contributed by atoms with van der Waals surface area (Å²) in [5, 5.41) is 26.1. The van der Waals surface area contributed by atoms with Crippen molar-refractivity contribution in [1.29, 1.82) is 0 Å². The Hall–Kier alpha value is -6.43. The van der Waals surface area contributed by atoms with Crippen molar-refractivity contribution in [3.63, 3.8) is 0 Å². The molecule has 0 bridgehead atoms. The first-order valence-electron chi connectivity index (χ1n) is 15.5. The molecule has 0 aliphatic rings. The highest BCUT2D eigenvalue weighted by atomic mass is 16.4. The number of unbranched alkanes of at least 4 members (excludes halogenated alkanes) is 1. The number of nitrogens with zero attached hydrogens (tertiary/aromatic N) is 4. The second-order valence-corrected chi connectivity index (χ2v) is 11.0. The van der Waals surface area contributed by atoms with E-state index in [-0.39, 0.29) is 53.5 Å². The average Bonchev–Trinajstić information content (AvgIpc) is 3.08. The van der Waals surface area contributed by atoms with Crippen LogP contribution in [0.3, 0.4) is 0 Å². The molecule has 0 spiro atoms. The van der Waals surface area contributed by atoms with Crippen molar-refractivity contribution >= 4 is 63.9 Å². The van der Waals surface area contributed by atoms with E-state index in [0.717, 1.165) is 5.69 Å². The molecule has 2 heterocycles. The van der Waals surface area contributed by atoms with Gasteiger partial charge in [0.25, 0.3) is 11.8 Å². The molecule has 0 aliphatic heterocycles. The fraction of sp³-hybridized carbons (Fsp3) is 0.281. The monoisotopic (exact) mass is 686 g/mol. The zero-order valence-electron chi connectivity index (χ0n) is 27.4. The summed E-state index contributed by atoms with van der Waals surface area (Å²) in [7, 11) is 1.59. The molecule has 4 aromatic rings. The Kier molecular flexibility index (Phi) is 12.5. The summed E-state index contributed by atoms with van der Waals surface area (Å²) >= 11 is 0. The molecule has 0 saturated carbocycles. The predicted octanol–water partition coefficient (Wildman–Crippen LogP) is 0.497. The van der Waals surface area contributed by atoms with Gasteiger partial charge in [-0.1, -0.05) is 0 Å². The molecule has 50 heavy (non-hydrogen) atoms. The van der Waals surface area contributed by atoms with Crippen molar-refractivity contribution in [3.8, 4) is 0 Å². The molecule has 0 radical (unpaired) electrons. The van der Waals surface area contributed by atoms with Crippen molar-refractivity contribution in [2.75, 3.05) is 48.8 Å². The lowest BCUT2D eigenvalue weighted by Crippen LogP contribution is -2.44. The second-order valence-electron chi connectivity index (χ2n) is 11.0. The van der Waals surface area contributed by atoms with Crippen molar-refractivity contribution in [2.45, 2.75) is 32.4 Å². The van der Waals surface area contributed by atoms with Crippen LogP contribution in [0.4, 0.5) is 23.1 Å². The third-order valence-electron chi connectivity index (χ3n) is 7.17. The highest BCUT2D eigenvalue weighted by Crippen LogP contribution is 2.18. The van der Waals surface area contributed by atoms with Gasteiger partial charge in [-0.05, 0) is 69.3 Å². The number of aromatic nitrogens is 4. The molecule has 18 nitrogen and oxygen atoms in total. The number of carbonyl (C=O) groups excluding carboxylic acids is 4. The minimum atomic E-state index is -1.35. The van der Waals surface area contributed by atoms with Gasteiger partial charge < -0.3 is 48.5 Å². The number of carboxylic acid groups (broad SMARTS) is 1. The molecule has 1 atom stereocenters. The number of nitrogen functional groups attached to an aromatic ring is 2. The fourth-order valence-electron chi connectivity index (χ4n) is 4.62. The molecule has 0 fully saturated rings. The van der Waals surface area contributed by atoms with Crippen LogP contribution in [0.2, 0.25) is 0 Å². The van der Waals surface area contributed by atoms with Crippen LogP contribution >= 0.6 is 0 Å². The maximum Gasteiger partial charge on any atom is 0.336 e. The number of carbonyl (C=O) groups is 5. The van der Waals surface area contributed by atoms with Crippen LogP contribution in [0.1, 0.15) is 56.5 Å². The summed E-state index contributed by atoms with van der Waals surface area (Å²) in [5.74, 6) is -2.97. The molecular formula is C32H38N12O6. The van der Waals surface area contributed by atoms with Crippen molar-refractivity contribution < 1.29 is 29.1 Å². The number of hydrogen-bond donors (Lipinski definition) is 9. The number of nitrogens with two attached hydrogens (primary N) is 2. The van der Waals surface area contributed by atoms with Gasteiger partial charge in [0.15, 0.2) is 17.0 Å². The Bertz CT molecular complexity index is 1890. The predicted molar refractivity (Wildman–Crippen MR) is 185 cm³/mol. The molecule has 18 heteroatoms. The lowest BCUT2D eigenvalue weighted by atomic mass is 10.1.